The fourth-order valence-corrected chi connectivity index (χ4v) is 1.86. The fourth-order valence-electron chi connectivity index (χ4n) is 1.86. The zero-order valence-corrected chi connectivity index (χ0v) is 7.79. The Kier molecular flexibility index (Phi) is 2.15. The summed E-state index contributed by atoms with van der Waals surface area (Å²) < 4.78 is 7.86. The second-order valence-corrected chi connectivity index (χ2v) is 3.95. The molecule has 2 rings (SSSR count). The lowest BCUT2D eigenvalue weighted by molar-refractivity contribution is -0.564. The molecule has 12 heavy (non-hydrogen) atoms. The smallest absolute Gasteiger partial charge is 0.160 e. The SMILES string of the molecule is CC(C)[N+]1=CC2COCC(C1)N2. The van der Waals surface area contributed by atoms with Crippen LogP contribution in [0.1, 0.15) is 13.8 Å². The number of hydrogen-bond donors (Lipinski definition) is 1. The minimum atomic E-state index is 0.444. The molecule has 0 aromatic rings. The zero-order chi connectivity index (χ0) is 8.55. The van der Waals surface area contributed by atoms with Gasteiger partial charge in [0.25, 0.3) is 0 Å². The molecular formula is C9H17N2O+. The van der Waals surface area contributed by atoms with Crippen molar-refractivity contribution in [1.29, 1.82) is 0 Å². The van der Waals surface area contributed by atoms with Crippen LogP contribution < -0.4 is 5.32 Å². The molecule has 0 spiro atoms. The van der Waals surface area contributed by atoms with Crippen LogP contribution in [0.25, 0.3) is 0 Å². The Bertz CT molecular complexity index is 201. The topological polar surface area (TPSA) is 24.3 Å². The van der Waals surface area contributed by atoms with Crippen molar-refractivity contribution in [3.63, 3.8) is 0 Å². The van der Waals surface area contributed by atoms with Gasteiger partial charge in [-0.1, -0.05) is 0 Å². The summed E-state index contributed by atoms with van der Waals surface area (Å²) in [6, 6.07) is 1.60. The molecule has 2 aliphatic rings. The lowest BCUT2D eigenvalue weighted by Gasteiger charge is -2.31. The van der Waals surface area contributed by atoms with E-state index < -0.39 is 0 Å². The maximum Gasteiger partial charge on any atom is 0.160 e. The van der Waals surface area contributed by atoms with Crippen molar-refractivity contribution in [1.82, 2.24) is 5.32 Å². The molecule has 0 aromatic heterocycles. The molecule has 3 nitrogen and oxygen atoms in total. The molecule has 0 aromatic carbocycles. The van der Waals surface area contributed by atoms with Crippen LogP contribution in [0.3, 0.4) is 0 Å². The van der Waals surface area contributed by atoms with Gasteiger partial charge in [-0.3, -0.25) is 5.32 Å². The van der Waals surface area contributed by atoms with E-state index in [2.05, 4.69) is 30.0 Å². The largest absolute Gasteiger partial charge is 0.377 e. The van der Waals surface area contributed by atoms with E-state index in [1.807, 2.05) is 0 Å². The highest BCUT2D eigenvalue weighted by molar-refractivity contribution is 5.60. The molecule has 1 N–H and O–H groups in total. The summed E-state index contributed by atoms with van der Waals surface area (Å²) in [6.45, 7) is 7.26. The molecule has 0 amide bonds. The molecule has 0 aliphatic carbocycles. The van der Waals surface area contributed by atoms with Crippen LogP contribution in [0.2, 0.25) is 0 Å². The first kappa shape index (κ1) is 8.20. The average molecular weight is 169 g/mol. The van der Waals surface area contributed by atoms with Crippen LogP contribution in [0.15, 0.2) is 0 Å². The van der Waals surface area contributed by atoms with Crippen LogP contribution >= 0.6 is 0 Å². The van der Waals surface area contributed by atoms with Crippen LogP contribution in [-0.2, 0) is 4.74 Å². The van der Waals surface area contributed by atoms with E-state index in [0.29, 0.717) is 18.1 Å². The predicted molar refractivity (Wildman–Crippen MR) is 47.9 cm³/mol. The maximum absolute atomic E-state index is 5.44. The first-order chi connectivity index (χ1) is 5.75. The number of hydrogen-bond acceptors (Lipinski definition) is 2. The van der Waals surface area contributed by atoms with Crippen molar-refractivity contribution in [3.8, 4) is 0 Å². The molecule has 2 heterocycles. The second-order valence-electron chi connectivity index (χ2n) is 3.95. The van der Waals surface area contributed by atoms with Crippen molar-refractivity contribution < 1.29 is 9.31 Å². The molecule has 0 radical (unpaired) electrons. The van der Waals surface area contributed by atoms with Crippen LogP contribution in [-0.4, -0.2) is 48.7 Å². The monoisotopic (exact) mass is 169 g/mol. The number of fused-ring (bicyclic) bond motifs is 2. The Morgan fingerprint density at radius 2 is 2.33 bits per heavy atom. The fraction of sp³-hybridized carbons (Fsp3) is 0.889. The third-order valence-corrected chi connectivity index (χ3v) is 2.53. The molecule has 0 saturated carbocycles. The third-order valence-electron chi connectivity index (χ3n) is 2.53. The number of rotatable bonds is 1. The normalized spacial score (nSPS) is 35.1. The number of nitrogens with zero attached hydrogens (tertiary/aromatic N) is 1. The van der Waals surface area contributed by atoms with E-state index in [4.69, 9.17) is 4.74 Å². The van der Waals surface area contributed by atoms with Gasteiger partial charge in [0.15, 0.2) is 12.8 Å². The van der Waals surface area contributed by atoms with Crippen LogP contribution in [0, 0.1) is 0 Å². The minimum absolute atomic E-state index is 0.444. The Balaban J connectivity index is 2.11. The van der Waals surface area contributed by atoms with Gasteiger partial charge in [-0.2, -0.15) is 0 Å². The highest BCUT2D eigenvalue weighted by Crippen LogP contribution is 2.05. The molecular weight excluding hydrogens is 152 g/mol. The first-order valence-electron chi connectivity index (χ1n) is 4.70. The van der Waals surface area contributed by atoms with Gasteiger partial charge < -0.3 is 4.74 Å². The second kappa shape index (κ2) is 3.15. The highest BCUT2D eigenvalue weighted by atomic mass is 16.5. The van der Waals surface area contributed by atoms with E-state index in [0.717, 1.165) is 19.8 Å². The van der Waals surface area contributed by atoms with Crippen molar-refractivity contribution in [2.45, 2.75) is 32.0 Å². The van der Waals surface area contributed by atoms with Crippen molar-refractivity contribution in [2.75, 3.05) is 19.8 Å². The van der Waals surface area contributed by atoms with Crippen molar-refractivity contribution >= 4 is 6.21 Å². The summed E-state index contributed by atoms with van der Waals surface area (Å²) in [5, 5.41) is 3.52. The lowest BCUT2D eigenvalue weighted by Crippen LogP contribution is -2.59. The summed E-state index contributed by atoms with van der Waals surface area (Å²) in [6.07, 6.45) is 2.26. The Hall–Kier alpha value is -0.410. The molecule has 1 fully saturated rings. The van der Waals surface area contributed by atoms with Gasteiger partial charge in [-0.15, -0.1) is 0 Å². The van der Waals surface area contributed by atoms with E-state index in [1.54, 1.807) is 0 Å². The Morgan fingerprint density at radius 1 is 1.50 bits per heavy atom. The third kappa shape index (κ3) is 1.52. The van der Waals surface area contributed by atoms with E-state index in [9.17, 15) is 0 Å². The van der Waals surface area contributed by atoms with E-state index >= 15 is 0 Å². The quantitative estimate of drug-likeness (QED) is 0.552. The predicted octanol–water partition coefficient (Wildman–Crippen LogP) is -0.151. The standard InChI is InChI=1S/C9H17N2O/c1-7(2)11-3-8-5-12-6-9(4-11)10-8/h3,7-10H,4-6H2,1-2H3/q+1. The molecule has 68 valence electrons. The summed E-state index contributed by atoms with van der Waals surface area (Å²) in [4.78, 5) is 0. The summed E-state index contributed by atoms with van der Waals surface area (Å²) in [5.74, 6) is 0. The lowest BCUT2D eigenvalue weighted by atomic mass is 10.1. The van der Waals surface area contributed by atoms with Gasteiger partial charge in [0, 0.05) is 0 Å². The summed E-state index contributed by atoms with van der Waals surface area (Å²) in [5.41, 5.74) is 0. The Morgan fingerprint density at radius 3 is 3.00 bits per heavy atom. The van der Waals surface area contributed by atoms with Crippen molar-refractivity contribution in [2.24, 2.45) is 0 Å². The number of morpholine rings is 1. The number of ether oxygens (including phenoxy) is 1. The van der Waals surface area contributed by atoms with E-state index in [1.165, 1.54) is 0 Å². The zero-order valence-electron chi connectivity index (χ0n) is 7.79. The van der Waals surface area contributed by atoms with Gasteiger partial charge in [0.05, 0.1) is 19.3 Å². The van der Waals surface area contributed by atoms with Crippen LogP contribution in [0.4, 0.5) is 0 Å². The molecule has 2 unspecified atom stereocenters. The Labute approximate surface area is 73.4 Å². The van der Waals surface area contributed by atoms with Crippen molar-refractivity contribution in [3.05, 3.63) is 0 Å². The first-order valence-corrected chi connectivity index (χ1v) is 4.70. The van der Waals surface area contributed by atoms with Gasteiger partial charge in [0.2, 0.25) is 0 Å². The van der Waals surface area contributed by atoms with Gasteiger partial charge in [-0.25, -0.2) is 4.58 Å². The van der Waals surface area contributed by atoms with Crippen LogP contribution in [0.5, 0.6) is 0 Å². The molecule has 1 saturated heterocycles. The number of nitrogens with one attached hydrogen (secondary N) is 1. The molecule has 2 bridgehead atoms. The highest BCUT2D eigenvalue weighted by Gasteiger charge is 2.31. The molecule has 3 heteroatoms. The summed E-state index contributed by atoms with van der Waals surface area (Å²) in [7, 11) is 0. The van der Waals surface area contributed by atoms with E-state index in [-0.39, 0.29) is 0 Å². The summed E-state index contributed by atoms with van der Waals surface area (Å²) >= 11 is 0. The average Bonchev–Trinajstić information content (AvgIpc) is 2.03. The van der Waals surface area contributed by atoms with Gasteiger partial charge >= 0.3 is 0 Å². The molecule has 2 aliphatic heterocycles. The van der Waals surface area contributed by atoms with Gasteiger partial charge in [0.1, 0.15) is 12.1 Å². The maximum atomic E-state index is 5.44. The molecule has 2 atom stereocenters. The minimum Gasteiger partial charge on any atom is -0.377 e. The van der Waals surface area contributed by atoms with Gasteiger partial charge in [-0.05, 0) is 13.8 Å².